The number of hydrogen-bond acceptors (Lipinski definition) is 1. The molecule has 1 N–H and O–H groups in total. The van der Waals surface area contributed by atoms with Gasteiger partial charge in [-0.25, -0.2) is 0 Å². The van der Waals surface area contributed by atoms with Gasteiger partial charge in [-0.3, -0.25) is 0 Å². The summed E-state index contributed by atoms with van der Waals surface area (Å²) in [5.74, 6) is 6.04. The molecule has 0 atom stereocenters. The summed E-state index contributed by atoms with van der Waals surface area (Å²) in [5, 5.41) is 3.56. The molecule has 15 heavy (non-hydrogen) atoms. The second-order valence-corrected chi connectivity index (χ2v) is 5.29. The molecule has 0 aromatic rings. The van der Waals surface area contributed by atoms with Crippen molar-refractivity contribution in [3.63, 3.8) is 0 Å². The summed E-state index contributed by atoms with van der Waals surface area (Å²) >= 11 is 0. The average molecular weight is 205 g/mol. The third-order valence-electron chi connectivity index (χ3n) is 4.37. The van der Waals surface area contributed by atoms with Crippen LogP contribution in [0.1, 0.15) is 58.3 Å². The quantitative estimate of drug-likeness (QED) is 0.683. The van der Waals surface area contributed by atoms with E-state index in [9.17, 15) is 0 Å². The van der Waals surface area contributed by atoms with Gasteiger partial charge in [0.25, 0.3) is 0 Å². The van der Waals surface area contributed by atoms with Gasteiger partial charge in [0.1, 0.15) is 0 Å². The van der Waals surface area contributed by atoms with Gasteiger partial charge in [0.15, 0.2) is 0 Å². The lowest BCUT2D eigenvalue weighted by molar-refractivity contribution is 0.170. The third-order valence-corrected chi connectivity index (χ3v) is 4.37. The molecule has 0 aliphatic heterocycles. The molecule has 1 nitrogen and oxygen atoms in total. The fourth-order valence-electron chi connectivity index (χ4n) is 3.34. The first-order chi connectivity index (χ1) is 7.35. The van der Waals surface area contributed by atoms with Crippen LogP contribution in [0.3, 0.4) is 0 Å². The van der Waals surface area contributed by atoms with E-state index in [1.54, 1.807) is 0 Å². The van der Waals surface area contributed by atoms with Gasteiger partial charge in [-0.15, -0.1) is 5.92 Å². The predicted molar refractivity (Wildman–Crippen MR) is 64.6 cm³/mol. The summed E-state index contributed by atoms with van der Waals surface area (Å²) < 4.78 is 0. The van der Waals surface area contributed by atoms with Crippen LogP contribution in [-0.2, 0) is 0 Å². The summed E-state index contributed by atoms with van der Waals surface area (Å²) in [6, 6.07) is 0.747. The summed E-state index contributed by atoms with van der Waals surface area (Å²) in [6.07, 6.45) is 11.7. The van der Waals surface area contributed by atoms with Crippen LogP contribution in [0.25, 0.3) is 0 Å². The maximum atomic E-state index is 3.56. The van der Waals surface area contributed by atoms with Gasteiger partial charge in [0, 0.05) is 6.04 Å². The fourth-order valence-corrected chi connectivity index (χ4v) is 3.34. The number of rotatable bonds is 2. The topological polar surface area (TPSA) is 12.0 Å². The minimum absolute atomic E-state index is 0.747. The van der Waals surface area contributed by atoms with Gasteiger partial charge >= 0.3 is 0 Å². The maximum absolute atomic E-state index is 3.56. The molecule has 0 aromatic carbocycles. The van der Waals surface area contributed by atoms with Gasteiger partial charge in [0.05, 0.1) is 6.54 Å². The lowest BCUT2D eigenvalue weighted by Gasteiger charge is -2.37. The van der Waals surface area contributed by atoms with Gasteiger partial charge in [0.2, 0.25) is 0 Å². The molecule has 0 amide bonds. The zero-order chi connectivity index (χ0) is 10.6. The van der Waals surface area contributed by atoms with Crippen molar-refractivity contribution in [2.45, 2.75) is 64.3 Å². The molecule has 2 fully saturated rings. The first kappa shape index (κ1) is 11.0. The molecule has 1 heteroatoms. The molecule has 0 saturated heterocycles. The Morgan fingerprint density at radius 2 is 1.80 bits per heavy atom. The van der Waals surface area contributed by atoms with Crippen LogP contribution in [0.15, 0.2) is 0 Å². The monoisotopic (exact) mass is 205 g/mol. The van der Waals surface area contributed by atoms with Crippen LogP contribution < -0.4 is 5.32 Å². The molecular formula is C14H23N. The van der Waals surface area contributed by atoms with Gasteiger partial charge in [-0.05, 0) is 50.9 Å². The predicted octanol–water partition coefficient (Wildman–Crippen LogP) is 3.10. The van der Waals surface area contributed by atoms with Crippen LogP contribution in [0, 0.1) is 17.3 Å². The van der Waals surface area contributed by atoms with E-state index in [0.717, 1.165) is 18.0 Å². The van der Waals surface area contributed by atoms with Crippen molar-refractivity contribution in [3.05, 3.63) is 0 Å². The maximum Gasteiger partial charge on any atom is 0.0578 e. The molecule has 2 saturated carbocycles. The molecular weight excluding hydrogens is 182 g/mol. The standard InChI is InChI=1S/C14H23N/c1-2-3-12-15-13-6-10-14(11-7-13)8-4-5-9-14/h13,15H,4-12H2,1H3. The molecule has 2 rings (SSSR count). The summed E-state index contributed by atoms with van der Waals surface area (Å²) in [5.41, 5.74) is 0.772. The SMILES string of the molecule is CC#CCNC1CCC2(CCCC2)CC1. The molecule has 0 heterocycles. The second kappa shape index (κ2) is 5.03. The van der Waals surface area contributed by atoms with Crippen molar-refractivity contribution >= 4 is 0 Å². The Balaban J connectivity index is 1.73. The van der Waals surface area contributed by atoms with E-state index in [2.05, 4.69) is 17.2 Å². The summed E-state index contributed by atoms with van der Waals surface area (Å²) in [6.45, 7) is 2.80. The number of nitrogens with one attached hydrogen (secondary N) is 1. The van der Waals surface area contributed by atoms with Crippen LogP contribution in [0.4, 0.5) is 0 Å². The van der Waals surface area contributed by atoms with E-state index in [-0.39, 0.29) is 0 Å². The van der Waals surface area contributed by atoms with Crippen molar-refractivity contribution in [1.29, 1.82) is 0 Å². The van der Waals surface area contributed by atoms with Crippen LogP contribution in [-0.4, -0.2) is 12.6 Å². The van der Waals surface area contributed by atoms with E-state index in [1.165, 1.54) is 51.4 Å². The van der Waals surface area contributed by atoms with Crippen molar-refractivity contribution in [2.24, 2.45) is 5.41 Å². The lowest BCUT2D eigenvalue weighted by atomic mass is 9.71. The van der Waals surface area contributed by atoms with Gasteiger partial charge < -0.3 is 5.32 Å². The zero-order valence-electron chi connectivity index (χ0n) is 9.94. The molecule has 0 bridgehead atoms. The fraction of sp³-hybridized carbons (Fsp3) is 0.857. The van der Waals surface area contributed by atoms with Crippen molar-refractivity contribution < 1.29 is 0 Å². The van der Waals surface area contributed by atoms with Crippen LogP contribution in [0.5, 0.6) is 0 Å². The molecule has 0 radical (unpaired) electrons. The van der Waals surface area contributed by atoms with Crippen LogP contribution >= 0.6 is 0 Å². The highest BCUT2D eigenvalue weighted by Crippen LogP contribution is 2.48. The van der Waals surface area contributed by atoms with E-state index in [4.69, 9.17) is 0 Å². The Morgan fingerprint density at radius 3 is 2.40 bits per heavy atom. The number of hydrogen-bond donors (Lipinski definition) is 1. The lowest BCUT2D eigenvalue weighted by Crippen LogP contribution is -2.36. The Labute approximate surface area is 94.0 Å². The van der Waals surface area contributed by atoms with E-state index >= 15 is 0 Å². The van der Waals surface area contributed by atoms with Crippen molar-refractivity contribution in [3.8, 4) is 11.8 Å². The second-order valence-electron chi connectivity index (χ2n) is 5.29. The Morgan fingerprint density at radius 1 is 1.13 bits per heavy atom. The summed E-state index contributed by atoms with van der Waals surface area (Å²) in [4.78, 5) is 0. The van der Waals surface area contributed by atoms with Crippen molar-refractivity contribution in [2.75, 3.05) is 6.54 Å². The Hall–Kier alpha value is -0.480. The Kier molecular flexibility index (Phi) is 3.70. The van der Waals surface area contributed by atoms with Crippen LogP contribution in [0.2, 0.25) is 0 Å². The first-order valence-electron chi connectivity index (χ1n) is 6.48. The highest BCUT2D eigenvalue weighted by atomic mass is 14.9. The van der Waals surface area contributed by atoms with Gasteiger partial charge in [-0.2, -0.15) is 0 Å². The largest absolute Gasteiger partial charge is 0.303 e. The minimum atomic E-state index is 0.747. The van der Waals surface area contributed by atoms with E-state index < -0.39 is 0 Å². The molecule has 2 aliphatic carbocycles. The Bertz CT molecular complexity index is 242. The minimum Gasteiger partial charge on any atom is -0.303 e. The van der Waals surface area contributed by atoms with Crippen molar-refractivity contribution in [1.82, 2.24) is 5.32 Å². The third kappa shape index (κ3) is 2.75. The normalized spacial score (nSPS) is 25.1. The highest BCUT2D eigenvalue weighted by molar-refractivity contribution is 4.99. The highest BCUT2D eigenvalue weighted by Gasteiger charge is 2.37. The molecule has 2 aliphatic rings. The zero-order valence-corrected chi connectivity index (χ0v) is 9.94. The molecule has 0 aromatic heterocycles. The molecule has 0 unspecified atom stereocenters. The van der Waals surface area contributed by atoms with Gasteiger partial charge in [-0.1, -0.05) is 18.8 Å². The molecule has 1 spiro atoms. The first-order valence-corrected chi connectivity index (χ1v) is 6.48. The average Bonchev–Trinajstić information content (AvgIpc) is 2.71. The summed E-state index contributed by atoms with van der Waals surface area (Å²) in [7, 11) is 0. The smallest absolute Gasteiger partial charge is 0.0578 e. The van der Waals surface area contributed by atoms with E-state index in [1.807, 2.05) is 6.92 Å². The van der Waals surface area contributed by atoms with E-state index in [0.29, 0.717) is 0 Å². The molecule has 84 valence electrons.